The number of anilines is 3. The molecular formula is C32H33FN10O3. The van der Waals surface area contributed by atoms with Gasteiger partial charge in [-0.15, -0.1) is 0 Å². The summed E-state index contributed by atoms with van der Waals surface area (Å²) in [5, 5.41) is 13.1. The SMILES string of the molecule is N#Cc1cc(-c2ncnc(Nc3ccc(N4CCN(C5COC5)CC4)cc3)n2)ccc1OC1CCN(C(=O)c2ncc[nH]2)CC1F. The number of nitrogens with zero attached hydrogens (tertiary/aromatic N) is 8. The van der Waals surface area contributed by atoms with E-state index in [-0.39, 0.29) is 36.0 Å². The van der Waals surface area contributed by atoms with Crippen LogP contribution in [0.15, 0.2) is 61.2 Å². The summed E-state index contributed by atoms with van der Waals surface area (Å²) in [6.07, 6.45) is 2.48. The molecule has 236 valence electrons. The highest BCUT2D eigenvalue weighted by Crippen LogP contribution is 2.29. The molecule has 46 heavy (non-hydrogen) atoms. The summed E-state index contributed by atoms with van der Waals surface area (Å²) in [5.41, 5.74) is 2.83. The molecule has 3 aliphatic rings. The van der Waals surface area contributed by atoms with Gasteiger partial charge in [-0.05, 0) is 42.5 Å². The number of piperidine rings is 1. The van der Waals surface area contributed by atoms with E-state index in [2.05, 4.69) is 58.2 Å². The van der Waals surface area contributed by atoms with E-state index in [1.54, 1.807) is 24.4 Å². The van der Waals surface area contributed by atoms with Crippen molar-refractivity contribution >= 4 is 23.2 Å². The van der Waals surface area contributed by atoms with Crippen LogP contribution in [0, 0.1) is 11.3 Å². The summed E-state index contributed by atoms with van der Waals surface area (Å²) >= 11 is 0. The van der Waals surface area contributed by atoms with Crippen LogP contribution in [0.1, 0.15) is 22.6 Å². The van der Waals surface area contributed by atoms with Gasteiger partial charge in [-0.1, -0.05) is 0 Å². The molecular weight excluding hydrogens is 591 g/mol. The number of hydrogen-bond donors (Lipinski definition) is 2. The molecule has 0 spiro atoms. The van der Waals surface area contributed by atoms with Gasteiger partial charge in [-0.3, -0.25) is 9.69 Å². The van der Waals surface area contributed by atoms with E-state index in [1.165, 1.54) is 23.1 Å². The number of piperazine rings is 1. The summed E-state index contributed by atoms with van der Waals surface area (Å²) in [7, 11) is 0. The molecule has 14 heteroatoms. The molecule has 2 unspecified atom stereocenters. The van der Waals surface area contributed by atoms with Crippen molar-refractivity contribution in [2.45, 2.75) is 24.7 Å². The second kappa shape index (κ2) is 13.1. The fourth-order valence-electron chi connectivity index (χ4n) is 5.91. The monoisotopic (exact) mass is 624 g/mol. The third-order valence-corrected chi connectivity index (χ3v) is 8.62. The van der Waals surface area contributed by atoms with E-state index in [0.717, 1.165) is 45.1 Å². The Morgan fingerprint density at radius 2 is 1.89 bits per heavy atom. The molecule has 13 nitrogen and oxygen atoms in total. The standard InChI is InChI=1S/C32H33FN10O3/c33-26-17-43(31(44)30-35-8-9-36-30)10-7-28(26)46-27-6-1-21(15-22(27)16-34)29-37-20-38-32(40-29)39-23-2-4-24(5-3-23)41-11-13-42(14-12-41)25-18-45-19-25/h1-6,8-9,15,20,25-26,28H,7,10-14,17-19H2,(H,35,36)(H,37,38,39,40). The van der Waals surface area contributed by atoms with Crippen molar-refractivity contribution in [3.8, 4) is 23.2 Å². The topological polar surface area (TPSA) is 148 Å². The number of likely N-dealkylation sites (tertiary alicyclic amines) is 1. The van der Waals surface area contributed by atoms with Crippen molar-refractivity contribution in [2.24, 2.45) is 0 Å². The van der Waals surface area contributed by atoms with Crippen LogP contribution in [0.2, 0.25) is 0 Å². The lowest BCUT2D eigenvalue weighted by atomic mass is 10.0. The predicted molar refractivity (Wildman–Crippen MR) is 167 cm³/mol. The molecule has 0 bridgehead atoms. The zero-order valence-corrected chi connectivity index (χ0v) is 25.0. The van der Waals surface area contributed by atoms with Gasteiger partial charge in [0.1, 0.15) is 24.3 Å². The number of ether oxygens (including phenoxy) is 2. The Bertz CT molecular complexity index is 1700. The number of nitrogens with one attached hydrogen (secondary N) is 2. The van der Waals surface area contributed by atoms with Gasteiger partial charge in [0.2, 0.25) is 5.95 Å². The van der Waals surface area contributed by atoms with Gasteiger partial charge in [0, 0.05) is 68.5 Å². The third-order valence-electron chi connectivity index (χ3n) is 8.62. The Hall–Kier alpha value is -5.13. The Morgan fingerprint density at radius 1 is 1.07 bits per heavy atom. The molecule has 2 aromatic heterocycles. The van der Waals surface area contributed by atoms with Crippen LogP contribution in [0.5, 0.6) is 5.75 Å². The van der Waals surface area contributed by atoms with Crippen molar-refractivity contribution in [2.75, 3.05) is 62.7 Å². The number of hydrogen-bond acceptors (Lipinski definition) is 11. The van der Waals surface area contributed by atoms with Crippen molar-refractivity contribution < 1.29 is 18.7 Å². The third kappa shape index (κ3) is 6.33. The van der Waals surface area contributed by atoms with Crippen LogP contribution < -0.4 is 15.0 Å². The van der Waals surface area contributed by atoms with Gasteiger partial charge in [0.15, 0.2) is 17.8 Å². The minimum Gasteiger partial charge on any atom is -0.486 e. The number of rotatable bonds is 8. The molecule has 2 aromatic carbocycles. The maximum Gasteiger partial charge on any atom is 0.289 e. The normalized spacial score (nSPS) is 20.5. The molecule has 0 aliphatic carbocycles. The van der Waals surface area contributed by atoms with E-state index in [9.17, 15) is 10.1 Å². The quantitative estimate of drug-likeness (QED) is 0.298. The van der Waals surface area contributed by atoms with E-state index < -0.39 is 12.3 Å². The highest BCUT2D eigenvalue weighted by Gasteiger charge is 2.34. The molecule has 3 fully saturated rings. The maximum absolute atomic E-state index is 15.1. The minimum absolute atomic E-state index is 0.124. The first-order valence-electron chi connectivity index (χ1n) is 15.3. The summed E-state index contributed by atoms with van der Waals surface area (Å²) in [6.45, 7) is 5.91. The van der Waals surface area contributed by atoms with Crippen LogP contribution >= 0.6 is 0 Å². The second-order valence-electron chi connectivity index (χ2n) is 11.5. The number of amides is 1. The average Bonchev–Trinajstić information content (AvgIpc) is 3.61. The fraction of sp³-hybridized carbons (Fsp3) is 0.375. The molecule has 3 aliphatic heterocycles. The van der Waals surface area contributed by atoms with Crippen molar-refractivity contribution in [1.29, 1.82) is 5.26 Å². The zero-order valence-electron chi connectivity index (χ0n) is 25.0. The first kappa shape index (κ1) is 29.6. The first-order valence-corrected chi connectivity index (χ1v) is 15.3. The summed E-state index contributed by atoms with van der Waals surface area (Å²) in [5.74, 6) is 0.809. The van der Waals surface area contributed by atoms with Crippen molar-refractivity contribution in [3.63, 3.8) is 0 Å². The smallest absolute Gasteiger partial charge is 0.289 e. The molecule has 0 saturated carbocycles. The number of H-pyrrole nitrogens is 1. The number of imidazole rings is 1. The lowest BCUT2D eigenvalue weighted by molar-refractivity contribution is -0.0660. The van der Waals surface area contributed by atoms with Crippen LogP contribution in [0.4, 0.5) is 21.7 Å². The summed E-state index contributed by atoms with van der Waals surface area (Å²) in [4.78, 5) is 38.7. The summed E-state index contributed by atoms with van der Waals surface area (Å²) in [6, 6.07) is 15.8. The molecule has 4 aromatic rings. The van der Waals surface area contributed by atoms with Gasteiger partial charge in [0.25, 0.3) is 5.91 Å². The van der Waals surface area contributed by atoms with Crippen LogP contribution in [-0.4, -0.2) is 111 Å². The van der Waals surface area contributed by atoms with Crippen LogP contribution in [0.3, 0.4) is 0 Å². The number of benzene rings is 2. The average molecular weight is 625 g/mol. The van der Waals surface area contributed by atoms with Gasteiger partial charge < -0.3 is 29.6 Å². The lowest BCUT2D eigenvalue weighted by Gasteiger charge is -2.43. The largest absolute Gasteiger partial charge is 0.486 e. The lowest BCUT2D eigenvalue weighted by Crippen LogP contribution is -2.56. The Balaban J connectivity index is 0.968. The van der Waals surface area contributed by atoms with E-state index >= 15 is 4.39 Å². The number of aromatic nitrogens is 5. The molecule has 7 rings (SSSR count). The van der Waals surface area contributed by atoms with E-state index in [1.807, 2.05) is 12.1 Å². The minimum atomic E-state index is -1.43. The van der Waals surface area contributed by atoms with E-state index in [0.29, 0.717) is 29.9 Å². The molecule has 3 saturated heterocycles. The maximum atomic E-state index is 15.1. The number of alkyl halides is 1. The van der Waals surface area contributed by atoms with Crippen molar-refractivity contribution in [3.05, 3.63) is 72.6 Å². The molecule has 1 amide bonds. The van der Waals surface area contributed by atoms with Gasteiger partial charge in [-0.2, -0.15) is 10.2 Å². The zero-order chi connectivity index (χ0) is 31.5. The van der Waals surface area contributed by atoms with Gasteiger partial charge >= 0.3 is 0 Å². The number of carbonyl (C=O) groups excluding carboxylic acids is 1. The molecule has 0 radical (unpaired) electrons. The Morgan fingerprint density at radius 3 is 2.59 bits per heavy atom. The molecule has 2 atom stereocenters. The van der Waals surface area contributed by atoms with E-state index in [4.69, 9.17) is 9.47 Å². The first-order chi connectivity index (χ1) is 22.5. The number of aromatic amines is 1. The summed E-state index contributed by atoms with van der Waals surface area (Å²) < 4.78 is 26.4. The fourth-order valence-corrected chi connectivity index (χ4v) is 5.91. The second-order valence-corrected chi connectivity index (χ2v) is 11.5. The highest BCUT2D eigenvalue weighted by atomic mass is 19.1. The Labute approximate surface area is 265 Å². The number of nitriles is 1. The number of halogens is 1. The predicted octanol–water partition coefficient (Wildman–Crippen LogP) is 3.03. The van der Waals surface area contributed by atoms with Crippen molar-refractivity contribution in [1.82, 2.24) is 34.7 Å². The Kier molecular flexibility index (Phi) is 8.41. The highest BCUT2D eigenvalue weighted by molar-refractivity contribution is 5.90. The number of carbonyl (C=O) groups is 1. The van der Waals surface area contributed by atoms with Gasteiger partial charge in [0.05, 0.1) is 31.4 Å². The molecule has 2 N–H and O–H groups in total. The molecule has 5 heterocycles. The van der Waals surface area contributed by atoms with Crippen LogP contribution in [0.25, 0.3) is 11.4 Å². The van der Waals surface area contributed by atoms with Gasteiger partial charge in [-0.25, -0.2) is 19.3 Å². The van der Waals surface area contributed by atoms with Crippen LogP contribution in [-0.2, 0) is 4.74 Å².